The topological polar surface area (TPSA) is 81.5 Å². The largest absolute Gasteiger partial charge is 0.366 e. The van der Waals surface area contributed by atoms with Gasteiger partial charge in [-0.15, -0.1) is 0 Å². The minimum atomic E-state index is -0.481. The van der Waals surface area contributed by atoms with Crippen LogP contribution in [0.3, 0.4) is 0 Å². The third-order valence-electron chi connectivity index (χ3n) is 0.201. The summed E-state index contributed by atoms with van der Waals surface area (Å²) in [6.45, 7) is 5.97. The summed E-state index contributed by atoms with van der Waals surface area (Å²) in [5.74, 6) is 3.88. The highest BCUT2D eigenvalue weighted by molar-refractivity contribution is 5.84. The highest BCUT2D eigenvalue weighted by atomic mass is 16.1. The van der Waals surface area contributed by atoms with Gasteiger partial charge in [0, 0.05) is 6.72 Å². The first-order valence-corrected chi connectivity index (χ1v) is 1.76. The first-order chi connectivity index (χ1) is 3.68. The van der Waals surface area contributed by atoms with Crippen LogP contribution in [0.15, 0.2) is 17.8 Å². The number of amides is 1. The summed E-state index contributed by atoms with van der Waals surface area (Å²) in [6, 6.07) is 0. The van der Waals surface area contributed by atoms with Gasteiger partial charge in [-0.3, -0.25) is 4.79 Å². The average Bonchev–Trinajstić information content (AvgIpc) is 1.69. The van der Waals surface area contributed by atoms with E-state index < -0.39 is 5.91 Å². The monoisotopic (exact) mass is 115 g/mol. The van der Waals surface area contributed by atoms with Crippen molar-refractivity contribution in [3.8, 4) is 0 Å². The van der Waals surface area contributed by atoms with Crippen LogP contribution in [0, 0.1) is 0 Å². The Morgan fingerprint density at radius 3 is 1.88 bits per heavy atom. The zero-order valence-electron chi connectivity index (χ0n) is 4.50. The summed E-state index contributed by atoms with van der Waals surface area (Å²) in [7, 11) is 0. The molecule has 0 bridgehead atoms. The molecule has 0 saturated carbocycles. The third-order valence-corrected chi connectivity index (χ3v) is 0.201. The standard InChI is InChI=1S/C3H5NO.CH4N2/c1-2-3(4)5;1-3-2/h2H,1H2,(H2,4,5);1-2H2. The van der Waals surface area contributed by atoms with E-state index in [1.165, 1.54) is 0 Å². The molecule has 0 heterocycles. The molecular weight excluding hydrogens is 106 g/mol. The lowest BCUT2D eigenvalue weighted by Crippen LogP contribution is -2.04. The van der Waals surface area contributed by atoms with Gasteiger partial charge < -0.3 is 11.6 Å². The molecule has 0 rings (SSSR count). The Bertz CT molecular complexity index is 89.3. The number of hydrogen-bond acceptors (Lipinski definition) is 3. The number of nitrogens with zero attached hydrogens (tertiary/aromatic N) is 1. The molecule has 0 spiro atoms. The zero-order valence-corrected chi connectivity index (χ0v) is 4.50. The maximum Gasteiger partial charge on any atom is 0.240 e. The van der Waals surface area contributed by atoms with E-state index in [9.17, 15) is 4.79 Å². The van der Waals surface area contributed by atoms with Gasteiger partial charge in [0.15, 0.2) is 0 Å². The fourth-order valence-electron chi connectivity index (χ4n) is 0. The smallest absolute Gasteiger partial charge is 0.240 e. The van der Waals surface area contributed by atoms with Crippen LogP contribution in [0.25, 0.3) is 0 Å². The van der Waals surface area contributed by atoms with Crippen molar-refractivity contribution in [2.75, 3.05) is 0 Å². The molecule has 0 aromatic heterocycles. The van der Waals surface area contributed by atoms with Crippen molar-refractivity contribution in [2.45, 2.75) is 0 Å². The number of rotatable bonds is 1. The molecule has 0 aliphatic carbocycles. The van der Waals surface area contributed by atoms with Gasteiger partial charge in [-0.1, -0.05) is 6.58 Å². The van der Waals surface area contributed by atoms with E-state index in [0.29, 0.717) is 0 Å². The van der Waals surface area contributed by atoms with E-state index in [0.717, 1.165) is 6.08 Å². The normalized spacial score (nSPS) is 5.50. The van der Waals surface area contributed by atoms with Crippen LogP contribution in [-0.4, -0.2) is 12.6 Å². The van der Waals surface area contributed by atoms with Crippen molar-refractivity contribution in [2.24, 2.45) is 16.7 Å². The highest BCUT2D eigenvalue weighted by Gasteiger charge is 1.69. The van der Waals surface area contributed by atoms with E-state index in [1.807, 2.05) is 0 Å². The van der Waals surface area contributed by atoms with Gasteiger partial charge in [0.25, 0.3) is 0 Å². The predicted molar refractivity (Wildman–Crippen MR) is 33.1 cm³/mol. The summed E-state index contributed by atoms with van der Waals surface area (Å²) in [6.07, 6.45) is 1.06. The lowest BCUT2D eigenvalue weighted by atomic mass is 10.6. The fourth-order valence-corrected chi connectivity index (χ4v) is 0. The van der Waals surface area contributed by atoms with Crippen LogP contribution in [0.2, 0.25) is 0 Å². The molecule has 0 atom stereocenters. The fraction of sp³-hybridized carbons (Fsp3) is 0. The molecular formula is C4H9N3O. The molecule has 0 fully saturated rings. The van der Waals surface area contributed by atoms with Crippen molar-refractivity contribution in [1.29, 1.82) is 0 Å². The Labute approximate surface area is 47.9 Å². The number of hydrazone groups is 1. The second-order valence-corrected chi connectivity index (χ2v) is 0.789. The first kappa shape index (κ1) is 9.84. The Kier molecular flexibility index (Phi) is 11.3. The van der Waals surface area contributed by atoms with Crippen LogP contribution in [0.5, 0.6) is 0 Å². The van der Waals surface area contributed by atoms with Crippen LogP contribution < -0.4 is 11.6 Å². The highest BCUT2D eigenvalue weighted by Crippen LogP contribution is 1.48. The summed E-state index contributed by atoms with van der Waals surface area (Å²) < 4.78 is 0. The number of primary amides is 1. The number of carbonyl (C=O) groups excluding carboxylic acids is 1. The van der Waals surface area contributed by atoms with Crippen LogP contribution in [-0.2, 0) is 4.79 Å². The lowest BCUT2D eigenvalue weighted by molar-refractivity contribution is -0.113. The van der Waals surface area contributed by atoms with Crippen molar-refractivity contribution < 1.29 is 4.79 Å². The van der Waals surface area contributed by atoms with Gasteiger partial charge in [-0.2, -0.15) is 5.10 Å². The first-order valence-electron chi connectivity index (χ1n) is 1.76. The molecule has 8 heavy (non-hydrogen) atoms. The van der Waals surface area contributed by atoms with E-state index in [4.69, 9.17) is 0 Å². The maximum absolute atomic E-state index is 9.47. The SMILES string of the molecule is C=CC(N)=O.C=NN. The van der Waals surface area contributed by atoms with E-state index in [-0.39, 0.29) is 0 Å². The number of carbonyl (C=O) groups is 1. The van der Waals surface area contributed by atoms with E-state index >= 15 is 0 Å². The van der Waals surface area contributed by atoms with Crippen LogP contribution in [0.1, 0.15) is 0 Å². The Balaban J connectivity index is 0. The molecule has 0 radical (unpaired) electrons. The summed E-state index contributed by atoms with van der Waals surface area (Å²) in [5.41, 5.74) is 4.53. The minimum Gasteiger partial charge on any atom is -0.366 e. The Morgan fingerprint density at radius 2 is 1.88 bits per heavy atom. The summed E-state index contributed by atoms with van der Waals surface area (Å²) in [4.78, 5) is 9.47. The van der Waals surface area contributed by atoms with E-state index in [1.54, 1.807) is 0 Å². The van der Waals surface area contributed by atoms with Gasteiger partial charge in [0.1, 0.15) is 0 Å². The second kappa shape index (κ2) is 9.19. The Hall–Kier alpha value is -1.32. The molecule has 0 aromatic rings. The van der Waals surface area contributed by atoms with Gasteiger partial charge in [0.2, 0.25) is 5.91 Å². The van der Waals surface area contributed by atoms with E-state index in [2.05, 4.69) is 30.0 Å². The zero-order chi connectivity index (χ0) is 6.99. The maximum atomic E-state index is 9.47. The van der Waals surface area contributed by atoms with Crippen molar-refractivity contribution in [3.63, 3.8) is 0 Å². The average molecular weight is 115 g/mol. The summed E-state index contributed by atoms with van der Waals surface area (Å²) >= 11 is 0. The molecule has 4 N–H and O–H groups in total. The predicted octanol–water partition coefficient (Wildman–Crippen LogP) is -0.782. The molecule has 4 nitrogen and oxygen atoms in total. The molecule has 0 saturated heterocycles. The lowest BCUT2D eigenvalue weighted by Gasteiger charge is -1.65. The van der Waals surface area contributed by atoms with Crippen LogP contribution >= 0.6 is 0 Å². The van der Waals surface area contributed by atoms with Crippen molar-refractivity contribution in [1.82, 2.24) is 0 Å². The van der Waals surface area contributed by atoms with Gasteiger partial charge in [0.05, 0.1) is 0 Å². The van der Waals surface area contributed by atoms with Gasteiger partial charge >= 0.3 is 0 Å². The molecule has 0 aliphatic heterocycles. The van der Waals surface area contributed by atoms with Gasteiger partial charge in [-0.05, 0) is 6.08 Å². The Morgan fingerprint density at radius 1 is 1.75 bits per heavy atom. The van der Waals surface area contributed by atoms with Crippen molar-refractivity contribution >= 4 is 12.6 Å². The summed E-state index contributed by atoms with van der Waals surface area (Å²) in [5, 5.41) is 2.75. The van der Waals surface area contributed by atoms with Gasteiger partial charge in [-0.25, -0.2) is 0 Å². The molecule has 46 valence electrons. The second-order valence-electron chi connectivity index (χ2n) is 0.789. The third kappa shape index (κ3) is 137. The molecule has 0 aromatic carbocycles. The quantitative estimate of drug-likeness (QED) is 0.203. The van der Waals surface area contributed by atoms with Crippen molar-refractivity contribution in [3.05, 3.63) is 12.7 Å². The molecule has 0 unspecified atom stereocenters. The molecule has 1 amide bonds. The molecule has 0 aliphatic rings. The minimum absolute atomic E-state index is 0.481. The molecule has 4 heteroatoms. The number of hydrogen-bond donors (Lipinski definition) is 2. The van der Waals surface area contributed by atoms with Crippen LogP contribution in [0.4, 0.5) is 0 Å². The number of nitrogens with two attached hydrogens (primary N) is 2.